The average molecular weight is 639 g/mol. The van der Waals surface area contributed by atoms with Gasteiger partial charge in [0.05, 0.1) is 29.0 Å². The smallest absolute Gasteiger partial charge is 0.338 e. The monoisotopic (exact) mass is 635 g/mol. The van der Waals surface area contributed by atoms with E-state index in [1.807, 2.05) is 6.92 Å². The van der Waals surface area contributed by atoms with E-state index in [9.17, 15) is 14.4 Å². The highest BCUT2D eigenvalue weighted by atomic mass is 79.9. The van der Waals surface area contributed by atoms with E-state index in [-0.39, 0.29) is 16.7 Å². The fourth-order valence-corrected chi connectivity index (χ4v) is 5.21. The fraction of sp³-hybridized carbons (Fsp3) is 0.211. The van der Waals surface area contributed by atoms with Gasteiger partial charge in [0.2, 0.25) is 0 Å². The fourth-order valence-electron chi connectivity index (χ4n) is 2.75. The zero-order chi connectivity index (χ0) is 20.6. The number of esters is 1. The number of rotatable bonds is 5. The van der Waals surface area contributed by atoms with Crippen LogP contribution in [0.5, 0.6) is 0 Å². The van der Waals surface area contributed by atoms with Crippen LogP contribution in [0, 0.1) is 0 Å². The third kappa shape index (κ3) is 3.74. The molecule has 2 aromatic rings. The quantitative estimate of drug-likeness (QED) is 0.123. The van der Waals surface area contributed by atoms with Crippen molar-refractivity contribution >= 4 is 87.2 Å². The molecule has 0 N–H and O–H groups in total. The number of halogens is 4. The first kappa shape index (κ1) is 21.7. The number of fused-ring (bicyclic) bond motifs is 1. The molecule has 146 valence electrons. The van der Waals surface area contributed by atoms with Crippen molar-refractivity contribution in [3.05, 3.63) is 58.8 Å². The number of carbonyl (C=O) groups excluding carboxylic acids is 3. The normalized spacial score (nSPS) is 13.1. The lowest BCUT2D eigenvalue weighted by molar-refractivity contribution is 0.0499. The Morgan fingerprint density at radius 1 is 0.964 bits per heavy atom. The minimum atomic E-state index is -0.486. The van der Waals surface area contributed by atoms with Gasteiger partial charge in [0.1, 0.15) is 0 Å². The largest absolute Gasteiger partial charge is 0.462 e. The number of anilines is 1. The lowest BCUT2D eigenvalue weighted by atomic mass is 10.1. The first-order valence-corrected chi connectivity index (χ1v) is 11.5. The number of amides is 2. The van der Waals surface area contributed by atoms with E-state index in [4.69, 9.17) is 4.74 Å². The zero-order valence-corrected chi connectivity index (χ0v) is 20.9. The molecule has 0 fully saturated rings. The number of imide groups is 1. The Balaban J connectivity index is 2.00. The molecule has 28 heavy (non-hydrogen) atoms. The standard InChI is InChI=1S/C19H13Br4NO4/c1-2-3-7-28-19(27)9-5-4-6-10(8-9)24-17(25)11-12(18(24)26)14(21)16(23)15(22)13(11)20/h4-6,8H,2-3,7H2,1H3. The Bertz CT molecular complexity index is 959. The molecule has 0 saturated carbocycles. The molecular weight excluding hydrogens is 626 g/mol. The molecular formula is C19H13Br4NO4. The van der Waals surface area contributed by atoms with Crippen molar-refractivity contribution in [3.63, 3.8) is 0 Å². The summed E-state index contributed by atoms with van der Waals surface area (Å²) >= 11 is 13.6. The maximum Gasteiger partial charge on any atom is 0.338 e. The number of benzene rings is 2. The molecule has 1 heterocycles. The molecule has 0 atom stereocenters. The van der Waals surface area contributed by atoms with Crippen LogP contribution in [0.15, 0.2) is 42.2 Å². The molecule has 2 aromatic carbocycles. The summed E-state index contributed by atoms with van der Waals surface area (Å²) in [7, 11) is 0. The highest BCUT2D eigenvalue weighted by Crippen LogP contribution is 2.46. The van der Waals surface area contributed by atoms with Crippen LogP contribution in [0.2, 0.25) is 0 Å². The van der Waals surface area contributed by atoms with Crippen LogP contribution >= 0.6 is 63.7 Å². The molecule has 0 aromatic heterocycles. The molecule has 0 bridgehead atoms. The second-order valence-corrected chi connectivity index (χ2v) is 9.16. The van der Waals surface area contributed by atoms with E-state index in [2.05, 4.69) is 63.7 Å². The van der Waals surface area contributed by atoms with Crippen molar-refractivity contribution in [1.82, 2.24) is 0 Å². The molecule has 0 saturated heterocycles. The van der Waals surface area contributed by atoms with Gasteiger partial charge in [-0.25, -0.2) is 9.69 Å². The van der Waals surface area contributed by atoms with E-state index in [0.717, 1.165) is 17.7 Å². The Hall–Kier alpha value is -1.03. The number of ether oxygens (including phenoxy) is 1. The van der Waals surface area contributed by atoms with Gasteiger partial charge in [-0.1, -0.05) is 19.4 Å². The van der Waals surface area contributed by atoms with Crippen LogP contribution in [0.3, 0.4) is 0 Å². The number of unbranched alkanes of at least 4 members (excludes halogenated alkanes) is 1. The molecule has 0 radical (unpaired) electrons. The first-order chi connectivity index (χ1) is 13.3. The highest BCUT2D eigenvalue weighted by Gasteiger charge is 2.42. The summed E-state index contributed by atoms with van der Waals surface area (Å²) in [5, 5.41) is 0. The van der Waals surface area contributed by atoms with E-state index < -0.39 is 17.8 Å². The predicted molar refractivity (Wildman–Crippen MR) is 120 cm³/mol. The summed E-state index contributed by atoms with van der Waals surface area (Å²) in [6, 6.07) is 6.30. The maximum atomic E-state index is 13.0. The van der Waals surface area contributed by atoms with Gasteiger partial charge < -0.3 is 4.74 Å². The van der Waals surface area contributed by atoms with E-state index in [1.54, 1.807) is 18.2 Å². The number of hydrogen-bond donors (Lipinski definition) is 0. The van der Waals surface area contributed by atoms with E-state index in [0.29, 0.717) is 30.2 Å². The van der Waals surface area contributed by atoms with Gasteiger partial charge in [-0.15, -0.1) is 0 Å². The van der Waals surface area contributed by atoms with Gasteiger partial charge in [-0.2, -0.15) is 0 Å². The summed E-state index contributed by atoms with van der Waals surface area (Å²) in [5.74, 6) is -1.44. The van der Waals surface area contributed by atoms with Gasteiger partial charge in [0.25, 0.3) is 11.8 Å². The van der Waals surface area contributed by atoms with Gasteiger partial charge in [0, 0.05) is 17.9 Å². The maximum absolute atomic E-state index is 13.0. The Labute approximate surface area is 195 Å². The molecule has 3 rings (SSSR count). The van der Waals surface area contributed by atoms with Crippen molar-refractivity contribution in [2.75, 3.05) is 11.5 Å². The molecule has 9 heteroatoms. The summed E-state index contributed by atoms with van der Waals surface area (Å²) < 4.78 is 7.42. The van der Waals surface area contributed by atoms with Crippen molar-refractivity contribution in [3.8, 4) is 0 Å². The molecule has 1 aliphatic heterocycles. The third-order valence-electron chi connectivity index (χ3n) is 4.17. The second kappa shape index (κ2) is 8.77. The molecule has 0 spiro atoms. The number of hydrogen-bond acceptors (Lipinski definition) is 4. The Morgan fingerprint density at radius 2 is 1.54 bits per heavy atom. The third-order valence-corrected chi connectivity index (χ3v) is 8.94. The first-order valence-electron chi connectivity index (χ1n) is 8.31. The van der Waals surface area contributed by atoms with E-state index in [1.165, 1.54) is 6.07 Å². The van der Waals surface area contributed by atoms with Crippen LogP contribution in [-0.2, 0) is 4.74 Å². The van der Waals surface area contributed by atoms with Gasteiger partial charge in [-0.05, 0) is 88.3 Å². The zero-order valence-electron chi connectivity index (χ0n) is 14.5. The molecule has 5 nitrogen and oxygen atoms in total. The summed E-state index contributed by atoms with van der Waals surface area (Å²) in [4.78, 5) is 39.4. The van der Waals surface area contributed by atoms with Crippen molar-refractivity contribution < 1.29 is 19.1 Å². The molecule has 2 amide bonds. The summed E-state index contributed by atoms with van der Waals surface area (Å²) in [6.45, 7) is 2.33. The van der Waals surface area contributed by atoms with Crippen LogP contribution in [0.4, 0.5) is 5.69 Å². The SMILES string of the molecule is CCCCOC(=O)c1cccc(N2C(=O)c3c(Br)c(Br)c(Br)c(Br)c3C2=O)c1. The van der Waals surface area contributed by atoms with E-state index >= 15 is 0 Å². The van der Waals surface area contributed by atoms with Crippen molar-refractivity contribution in [2.24, 2.45) is 0 Å². The minimum Gasteiger partial charge on any atom is -0.462 e. The van der Waals surface area contributed by atoms with Gasteiger partial charge in [-0.3, -0.25) is 9.59 Å². The Kier molecular flexibility index (Phi) is 6.79. The lowest BCUT2D eigenvalue weighted by Gasteiger charge is -2.15. The van der Waals surface area contributed by atoms with Crippen LogP contribution < -0.4 is 4.90 Å². The van der Waals surface area contributed by atoms with Gasteiger partial charge in [0.15, 0.2) is 0 Å². The Morgan fingerprint density at radius 3 is 2.07 bits per heavy atom. The minimum absolute atomic E-state index is 0.253. The lowest BCUT2D eigenvalue weighted by Crippen LogP contribution is -2.29. The van der Waals surface area contributed by atoms with Gasteiger partial charge >= 0.3 is 5.97 Å². The number of carbonyl (C=O) groups is 3. The summed E-state index contributed by atoms with van der Waals surface area (Å²) in [6.07, 6.45) is 1.69. The average Bonchev–Trinajstić information content (AvgIpc) is 2.95. The predicted octanol–water partition coefficient (Wildman–Crippen LogP) is 6.49. The van der Waals surface area contributed by atoms with Crippen molar-refractivity contribution in [2.45, 2.75) is 19.8 Å². The molecule has 0 aliphatic carbocycles. The molecule has 0 unspecified atom stereocenters. The summed E-state index contributed by atoms with van der Waals surface area (Å²) in [5.41, 5.74) is 1.10. The van der Waals surface area contributed by atoms with Crippen LogP contribution in [0.1, 0.15) is 50.8 Å². The molecule has 1 aliphatic rings. The van der Waals surface area contributed by atoms with Crippen LogP contribution in [0.25, 0.3) is 0 Å². The van der Waals surface area contributed by atoms with Crippen LogP contribution in [-0.4, -0.2) is 24.4 Å². The second-order valence-electron chi connectivity index (χ2n) is 5.99. The topological polar surface area (TPSA) is 63.7 Å². The highest BCUT2D eigenvalue weighted by molar-refractivity contribution is 9.15. The van der Waals surface area contributed by atoms with Crippen molar-refractivity contribution in [1.29, 1.82) is 0 Å². The number of nitrogens with zero attached hydrogens (tertiary/aromatic N) is 1.